The zero-order valence-electron chi connectivity index (χ0n) is 9.76. The van der Waals surface area contributed by atoms with Crippen LogP contribution in [0.2, 0.25) is 0 Å². The van der Waals surface area contributed by atoms with Gasteiger partial charge in [0.1, 0.15) is 5.82 Å². The van der Waals surface area contributed by atoms with Crippen molar-refractivity contribution >= 4 is 11.3 Å². The van der Waals surface area contributed by atoms with E-state index < -0.39 is 0 Å². The first-order valence-electron chi connectivity index (χ1n) is 5.52. The number of rotatable bonds is 1. The minimum absolute atomic E-state index is 0.275. The summed E-state index contributed by atoms with van der Waals surface area (Å²) in [5, 5.41) is 8.16. The second kappa shape index (κ2) is 3.80. The first-order chi connectivity index (χ1) is 8.65. The molecule has 3 rings (SSSR count). The van der Waals surface area contributed by atoms with Crippen molar-refractivity contribution in [2.45, 2.75) is 6.92 Å². The fraction of sp³-hybridized carbons (Fsp3) is 0.0769. The summed E-state index contributed by atoms with van der Waals surface area (Å²) >= 11 is 0. The molecule has 2 aromatic heterocycles. The highest BCUT2D eigenvalue weighted by Gasteiger charge is 2.10. The molecule has 0 spiro atoms. The van der Waals surface area contributed by atoms with Gasteiger partial charge in [0.05, 0.1) is 5.69 Å². The molecule has 0 atom stereocenters. The van der Waals surface area contributed by atoms with Crippen LogP contribution in [0.4, 0.5) is 10.1 Å². The Morgan fingerprint density at radius 3 is 2.61 bits per heavy atom. The van der Waals surface area contributed by atoms with Gasteiger partial charge in [-0.25, -0.2) is 4.39 Å². The number of fused-ring (bicyclic) bond motifs is 1. The van der Waals surface area contributed by atoms with E-state index in [1.807, 2.05) is 23.6 Å². The summed E-state index contributed by atoms with van der Waals surface area (Å²) < 4.78 is 14.7. The molecule has 0 aliphatic carbocycles. The van der Waals surface area contributed by atoms with Crippen LogP contribution in [0.15, 0.2) is 36.5 Å². The van der Waals surface area contributed by atoms with Crippen LogP contribution in [0, 0.1) is 12.7 Å². The Balaban J connectivity index is 2.27. The molecule has 0 aliphatic rings. The van der Waals surface area contributed by atoms with E-state index in [1.165, 1.54) is 12.1 Å². The van der Waals surface area contributed by atoms with Crippen LogP contribution in [-0.4, -0.2) is 14.6 Å². The van der Waals surface area contributed by atoms with Gasteiger partial charge in [-0.1, -0.05) is 0 Å². The number of nitrogen functional groups attached to an aromatic ring is 1. The van der Waals surface area contributed by atoms with Crippen LogP contribution in [0.1, 0.15) is 5.56 Å². The summed E-state index contributed by atoms with van der Waals surface area (Å²) in [5.74, 6) is 0.378. The largest absolute Gasteiger partial charge is 0.396 e. The Kier molecular flexibility index (Phi) is 2.26. The van der Waals surface area contributed by atoms with E-state index in [0.29, 0.717) is 17.2 Å². The third-order valence-electron chi connectivity index (χ3n) is 2.77. The number of nitrogens with two attached hydrogens (primary N) is 1. The quantitative estimate of drug-likeness (QED) is 0.713. The smallest absolute Gasteiger partial charge is 0.184 e. The first kappa shape index (κ1) is 10.7. The molecule has 0 amide bonds. The molecule has 18 heavy (non-hydrogen) atoms. The molecule has 90 valence electrons. The molecule has 2 heterocycles. The van der Waals surface area contributed by atoms with Crippen molar-refractivity contribution in [3.63, 3.8) is 0 Å². The van der Waals surface area contributed by atoms with Crippen molar-refractivity contribution in [3.8, 4) is 11.4 Å². The molecule has 0 radical (unpaired) electrons. The average Bonchev–Trinajstić information content (AvgIpc) is 2.74. The highest BCUT2D eigenvalue weighted by molar-refractivity contribution is 5.69. The van der Waals surface area contributed by atoms with Gasteiger partial charge in [-0.15, -0.1) is 10.2 Å². The van der Waals surface area contributed by atoms with Crippen LogP contribution < -0.4 is 5.73 Å². The number of hydrogen-bond donors (Lipinski definition) is 1. The molecule has 4 nitrogen and oxygen atoms in total. The maximum Gasteiger partial charge on any atom is 0.184 e. The number of aromatic nitrogens is 3. The molecule has 2 N–H and O–H groups in total. The fourth-order valence-electron chi connectivity index (χ4n) is 1.96. The minimum Gasteiger partial charge on any atom is -0.396 e. The van der Waals surface area contributed by atoms with Gasteiger partial charge in [0.25, 0.3) is 0 Å². The lowest BCUT2D eigenvalue weighted by Crippen LogP contribution is -1.95. The van der Waals surface area contributed by atoms with Crippen LogP contribution >= 0.6 is 0 Å². The predicted octanol–water partition coefficient (Wildman–Crippen LogP) is 2.43. The van der Waals surface area contributed by atoms with Crippen molar-refractivity contribution in [2.75, 3.05) is 5.73 Å². The van der Waals surface area contributed by atoms with E-state index in [1.54, 1.807) is 12.1 Å². The summed E-state index contributed by atoms with van der Waals surface area (Å²) in [7, 11) is 0. The molecule has 0 saturated heterocycles. The number of aryl methyl sites for hydroxylation is 1. The van der Waals surface area contributed by atoms with E-state index in [4.69, 9.17) is 5.73 Å². The third-order valence-corrected chi connectivity index (χ3v) is 2.77. The Morgan fingerprint density at radius 1 is 1.17 bits per heavy atom. The number of anilines is 1. The van der Waals surface area contributed by atoms with Crippen LogP contribution in [-0.2, 0) is 0 Å². The molecule has 1 aromatic carbocycles. The Bertz CT molecular complexity index is 716. The standard InChI is InChI=1S/C13H11FN4/c1-8-6-11(15)13-17-16-12(18(13)7-8)9-2-4-10(14)5-3-9/h2-7H,15H2,1H3. The zero-order valence-corrected chi connectivity index (χ0v) is 9.76. The lowest BCUT2D eigenvalue weighted by Gasteiger charge is -2.03. The van der Waals surface area contributed by atoms with Crippen LogP contribution in [0.25, 0.3) is 17.0 Å². The molecule has 0 bridgehead atoms. The second-order valence-electron chi connectivity index (χ2n) is 4.20. The Hall–Kier alpha value is -2.43. The normalized spacial score (nSPS) is 11.0. The molecule has 0 saturated carbocycles. The van der Waals surface area contributed by atoms with E-state index in [9.17, 15) is 4.39 Å². The second-order valence-corrected chi connectivity index (χ2v) is 4.20. The third kappa shape index (κ3) is 1.60. The molecule has 0 unspecified atom stereocenters. The van der Waals surface area contributed by atoms with Gasteiger partial charge >= 0.3 is 0 Å². The van der Waals surface area contributed by atoms with Crippen LogP contribution in [0.3, 0.4) is 0 Å². The monoisotopic (exact) mass is 242 g/mol. The number of hydrogen-bond acceptors (Lipinski definition) is 3. The van der Waals surface area contributed by atoms with Crippen molar-refractivity contribution in [2.24, 2.45) is 0 Å². The van der Waals surface area contributed by atoms with E-state index >= 15 is 0 Å². The van der Waals surface area contributed by atoms with Crippen molar-refractivity contribution in [1.82, 2.24) is 14.6 Å². The van der Waals surface area contributed by atoms with Gasteiger partial charge in [-0.05, 0) is 42.8 Å². The fourth-order valence-corrected chi connectivity index (χ4v) is 1.96. The Labute approximate surface area is 103 Å². The number of halogens is 1. The van der Waals surface area contributed by atoms with Gasteiger partial charge in [-0.2, -0.15) is 0 Å². The molecule has 0 fully saturated rings. The highest BCUT2D eigenvalue weighted by Crippen LogP contribution is 2.22. The minimum atomic E-state index is -0.275. The summed E-state index contributed by atoms with van der Waals surface area (Å²) in [4.78, 5) is 0. The van der Waals surface area contributed by atoms with Gasteiger partial charge in [-0.3, -0.25) is 4.40 Å². The predicted molar refractivity (Wildman–Crippen MR) is 67.5 cm³/mol. The topological polar surface area (TPSA) is 56.2 Å². The molecule has 0 aliphatic heterocycles. The van der Waals surface area contributed by atoms with E-state index in [2.05, 4.69) is 10.2 Å². The number of nitrogens with zero attached hydrogens (tertiary/aromatic N) is 3. The van der Waals surface area contributed by atoms with Gasteiger partial charge in [0.15, 0.2) is 11.5 Å². The van der Waals surface area contributed by atoms with Crippen LogP contribution in [0.5, 0.6) is 0 Å². The maximum absolute atomic E-state index is 12.9. The van der Waals surface area contributed by atoms with Crippen molar-refractivity contribution < 1.29 is 4.39 Å². The van der Waals surface area contributed by atoms with Gasteiger partial charge in [0.2, 0.25) is 0 Å². The first-order valence-corrected chi connectivity index (χ1v) is 5.52. The highest BCUT2D eigenvalue weighted by atomic mass is 19.1. The summed E-state index contributed by atoms with van der Waals surface area (Å²) in [5.41, 5.74) is 8.90. The Morgan fingerprint density at radius 2 is 1.89 bits per heavy atom. The van der Waals surface area contributed by atoms with Crippen molar-refractivity contribution in [3.05, 3.63) is 47.9 Å². The van der Waals surface area contributed by atoms with Gasteiger partial charge < -0.3 is 5.73 Å². The number of benzene rings is 1. The molecule has 3 aromatic rings. The van der Waals surface area contributed by atoms with Crippen molar-refractivity contribution in [1.29, 1.82) is 0 Å². The lowest BCUT2D eigenvalue weighted by molar-refractivity contribution is 0.628. The summed E-state index contributed by atoms with van der Waals surface area (Å²) in [6.45, 7) is 1.95. The lowest BCUT2D eigenvalue weighted by atomic mass is 10.2. The molecular weight excluding hydrogens is 231 g/mol. The molecule has 5 heteroatoms. The SMILES string of the molecule is Cc1cc(N)c2nnc(-c3ccc(F)cc3)n2c1. The average molecular weight is 242 g/mol. The summed E-state index contributed by atoms with van der Waals surface area (Å²) in [6, 6.07) is 7.98. The van der Waals surface area contributed by atoms with E-state index in [-0.39, 0.29) is 5.82 Å². The number of pyridine rings is 1. The zero-order chi connectivity index (χ0) is 12.7. The van der Waals surface area contributed by atoms with Gasteiger partial charge in [0, 0.05) is 11.8 Å². The summed E-state index contributed by atoms with van der Waals surface area (Å²) in [6.07, 6.45) is 1.91. The maximum atomic E-state index is 12.9. The van der Waals surface area contributed by atoms with E-state index in [0.717, 1.165) is 11.1 Å². The molecular formula is C13H11FN4.